The molecule has 2 rings (SSSR count). The van der Waals surface area contributed by atoms with Crippen molar-refractivity contribution < 1.29 is 9.53 Å². The van der Waals surface area contributed by atoms with Gasteiger partial charge in [0.2, 0.25) is 0 Å². The van der Waals surface area contributed by atoms with Gasteiger partial charge in [0.25, 0.3) is 0 Å². The van der Waals surface area contributed by atoms with Crippen LogP contribution >= 0.6 is 0 Å². The lowest BCUT2D eigenvalue weighted by atomic mass is 9.91. The predicted octanol–water partition coefficient (Wildman–Crippen LogP) is 2.35. The molecule has 5 nitrogen and oxygen atoms in total. The van der Waals surface area contributed by atoms with Crippen molar-refractivity contribution >= 4 is 11.8 Å². The highest BCUT2D eigenvalue weighted by atomic mass is 16.6. The Balaban J connectivity index is 2.10. The van der Waals surface area contributed by atoms with Crippen molar-refractivity contribution in [3.05, 3.63) is 23.9 Å². The largest absolute Gasteiger partial charge is 0.456 e. The summed E-state index contributed by atoms with van der Waals surface area (Å²) in [6.45, 7) is 9.38. The molecule has 0 radical (unpaired) electrons. The lowest BCUT2D eigenvalue weighted by Gasteiger charge is -2.37. The van der Waals surface area contributed by atoms with E-state index in [9.17, 15) is 4.79 Å². The summed E-state index contributed by atoms with van der Waals surface area (Å²) in [6.07, 6.45) is 3.50. The molecule has 0 spiro atoms. The van der Waals surface area contributed by atoms with Crippen molar-refractivity contribution in [2.45, 2.75) is 51.7 Å². The van der Waals surface area contributed by atoms with Crippen molar-refractivity contribution in [2.75, 3.05) is 18.0 Å². The molecule has 1 aromatic rings. The van der Waals surface area contributed by atoms with Crippen molar-refractivity contribution in [3.63, 3.8) is 0 Å². The number of piperidine rings is 1. The van der Waals surface area contributed by atoms with Gasteiger partial charge in [0.1, 0.15) is 11.4 Å². The molecular formula is C16H25N3O2. The lowest BCUT2D eigenvalue weighted by molar-refractivity contribution is 0.00694. The first-order chi connectivity index (χ1) is 9.66. The maximum Gasteiger partial charge on any atom is 0.338 e. The van der Waals surface area contributed by atoms with Crippen LogP contribution in [0.4, 0.5) is 5.82 Å². The van der Waals surface area contributed by atoms with Gasteiger partial charge >= 0.3 is 5.97 Å². The summed E-state index contributed by atoms with van der Waals surface area (Å²) in [5, 5.41) is 0. The van der Waals surface area contributed by atoms with E-state index in [1.807, 2.05) is 20.8 Å². The molecule has 5 heteroatoms. The summed E-state index contributed by atoms with van der Waals surface area (Å²) in [6, 6.07) is 3.49. The SMILES string of the molecule is CC1(N)CCN(c2cc(C(=O)OC(C)(C)C)ccn2)CC1. The molecule has 0 saturated carbocycles. The lowest BCUT2D eigenvalue weighted by Crippen LogP contribution is -2.48. The van der Waals surface area contributed by atoms with Crippen LogP contribution in [0.5, 0.6) is 0 Å². The third-order valence-corrected chi connectivity index (χ3v) is 3.61. The minimum Gasteiger partial charge on any atom is -0.456 e. The number of carbonyl (C=O) groups excluding carboxylic acids is 1. The molecule has 1 aliphatic heterocycles. The number of hydrogen-bond acceptors (Lipinski definition) is 5. The molecule has 21 heavy (non-hydrogen) atoms. The van der Waals surface area contributed by atoms with Gasteiger partial charge in [-0.2, -0.15) is 0 Å². The van der Waals surface area contributed by atoms with E-state index >= 15 is 0 Å². The molecule has 116 valence electrons. The first kappa shape index (κ1) is 15.8. The summed E-state index contributed by atoms with van der Waals surface area (Å²) in [7, 11) is 0. The highest BCUT2D eigenvalue weighted by molar-refractivity contribution is 5.90. The van der Waals surface area contributed by atoms with Gasteiger partial charge in [0.05, 0.1) is 5.56 Å². The fourth-order valence-electron chi connectivity index (χ4n) is 2.30. The minimum atomic E-state index is -0.493. The van der Waals surface area contributed by atoms with Gasteiger partial charge in [-0.1, -0.05) is 0 Å². The van der Waals surface area contributed by atoms with Crippen molar-refractivity contribution in [1.29, 1.82) is 0 Å². The Bertz CT molecular complexity index is 510. The van der Waals surface area contributed by atoms with E-state index in [0.717, 1.165) is 31.7 Å². The molecule has 0 atom stereocenters. The van der Waals surface area contributed by atoms with Crippen LogP contribution in [0.2, 0.25) is 0 Å². The second-order valence-corrected chi connectivity index (χ2v) is 7.05. The summed E-state index contributed by atoms with van der Waals surface area (Å²) in [5.74, 6) is 0.501. The minimum absolute atomic E-state index is 0.0979. The van der Waals surface area contributed by atoms with Crippen LogP contribution in [0.3, 0.4) is 0 Å². The Morgan fingerprint density at radius 2 is 2.00 bits per heavy atom. The summed E-state index contributed by atoms with van der Waals surface area (Å²) >= 11 is 0. The first-order valence-corrected chi connectivity index (χ1v) is 7.40. The molecule has 0 amide bonds. The number of rotatable bonds is 2. The molecule has 1 aromatic heterocycles. The zero-order valence-electron chi connectivity index (χ0n) is 13.3. The second kappa shape index (κ2) is 5.64. The normalized spacial score (nSPS) is 18.4. The Kier molecular flexibility index (Phi) is 4.23. The Morgan fingerprint density at radius 1 is 1.38 bits per heavy atom. The van der Waals surface area contributed by atoms with E-state index in [1.54, 1.807) is 18.3 Å². The van der Waals surface area contributed by atoms with Crippen molar-refractivity contribution in [2.24, 2.45) is 5.73 Å². The molecular weight excluding hydrogens is 266 g/mol. The highest BCUT2D eigenvalue weighted by Crippen LogP contribution is 2.24. The molecule has 0 aromatic carbocycles. The van der Waals surface area contributed by atoms with E-state index in [4.69, 9.17) is 10.5 Å². The number of pyridine rings is 1. The molecule has 2 N–H and O–H groups in total. The summed E-state index contributed by atoms with van der Waals surface area (Å²) in [5.41, 5.74) is 6.09. The van der Waals surface area contributed by atoms with E-state index in [1.165, 1.54) is 0 Å². The average Bonchev–Trinajstić information content (AvgIpc) is 2.37. The van der Waals surface area contributed by atoms with Crippen LogP contribution in [0, 0.1) is 0 Å². The topological polar surface area (TPSA) is 68.5 Å². The predicted molar refractivity (Wildman–Crippen MR) is 83.4 cm³/mol. The number of aromatic nitrogens is 1. The Hall–Kier alpha value is -1.62. The second-order valence-electron chi connectivity index (χ2n) is 7.05. The third-order valence-electron chi connectivity index (χ3n) is 3.61. The monoisotopic (exact) mass is 291 g/mol. The molecule has 1 aliphatic rings. The molecule has 2 heterocycles. The fourth-order valence-corrected chi connectivity index (χ4v) is 2.30. The standard InChI is InChI=1S/C16H25N3O2/c1-15(2,3)21-14(20)12-5-8-18-13(11-12)19-9-6-16(4,17)7-10-19/h5,8,11H,6-7,9-10,17H2,1-4H3. The van der Waals surface area contributed by atoms with Crippen molar-refractivity contribution in [1.82, 2.24) is 4.98 Å². The van der Waals surface area contributed by atoms with Gasteiger partial charge in [0, 0.05) is 24.8 Å². The fraction of sp³-hybridized carbons (Fsp3) is 0.625. The molecule has 0 aliphatic carbocycles. The van der Waals surface area contributed by atoms with Crippen LogP contribution < -0.4 is 10.6 Å². The zero-order valence-corrected chi connectivity index (χ0v) is 13.3. The molecule has 0 unspecified atom stereocenters. The van der Waals surface area contributed by atoms with E-state index in [0.29, 0.717) is 5.56 Å². The summed E-state index contributed by atoms with van der Waals surface area (Å²) in [4.78, 5) is 18.6. The third kappa shape index (κ3) is 4.43. The number of carbonyl (C=O) groups is 1. The van der Waals surface area contributed by atoms with Crippen LogP contribution in [0.1, 0.15) is 50.9 Å². The van der Waals surface area contributed by atoms with E-state index in [2.05, 4.69) is 16.8 Å². The molecule has 1 saturated heterocycles. The quantitative estimate of drug-likeness (QED) is 0.847. The maximum atomic E-state index is 12.1. The van der Waals surface area contributed by atoms with Crippen molar-refractivity contribution in [3.8, 4) is 0 Å². The number of anilines is 1. The number of nitrogens with zero attached hydrogens (tertiary/aromatic N) is 2. The maximum absolute atomic E-state index is 12.1. The van der Waals surface area contributed by atoms with Crippen LogP contribution in [-0.4, -0.2) is 35.2 Å². The number of nitrogens with two attached hydrogens (primary N) is 1. The number of hydrogen-bond donors (Lipinski definition) is 1. The van der Waals surface area contributed by atoms with E-state index < -0.39 is 5.60 Å². The smallest absolute Gasteiger partial charge is 0.338 e. The van der Waals surface area contributed by atoms with E-state index in [-0.39, 0.29) is 11.5 Å². The Labute approximate surface area is 126 Å². The number of esters is 1. The van der Waals surface area contributed by atoms with Gasteiger partial charge in [0.15, 0.2) is 0 Å². The first-order valence-electron chi connectivity index (χ1n) is 7.40. The Morgan fingerprint density at radius 3 is 2.57 bits per heavy atom. The zero-order chi connectivity index (χ0) is 15.7. The molecule has 1 fully saturated rings. The summed E-state index contributed by atoms with van der Waals surface area (Å²) < 4.78 is 5.39. The van der Waals surface area contributed by atoms with Gasteiger partial charge in [-0.3, -0.25) is 0 Å². The van der Waals surface area contributed by atoms with Crippen LogP contribution in [0.15, 0.2) is 18.3 Å². The molecule has 0 bridgehead atoms. The van der Waals surface area contributed by atoms with Gasteiger partial charge in [-0.15, -0.1) is 0 Å². The van der Waals surface area contributed by atoms with Gasteiger partial charge in [-0.05, 0) is 52.7 Å². The van der Waals surface area contributed by atoms with Crippen LogP contribution in [0.25, 0.3) is 0 Å². The highest BCUT2D eigenvalue weighted by Gasteiger charge is 2.27. The van der Waals surface area contributed by atoms with Crippen LogP contribution in [-0.2, 0) is 4.74 Å². The average molecular weight is 291 g/mol. The van der Waals surface area contributed by atoms with Gasteiger partial charge in [-0.25, -0.2) is 9.78 Å². The van der Waals surface area contributed by atoms with Gasteiger partial charge < -0.3 is 15.4 Å². The number of ether oxygens (including phenoxy) is 1.